The zero-order valence-electron chi connectivity index (χ0n) is 6.37. The molecule has 0 aromatic heterocycles. The van der Waals surface area contributed by atoms with Crippen LogP contribution >= 0.6 is 12.6 Å². The van der Waals surface area contributed by atoms with E-state index in [-0.39, 0.29) is 5.12 Å². The fourth-order valence-corrected chi connectivity index (χ4v) is 1.26. The average Bonchev–Trinajstić information content (AvgIpc) is 2.04. The largest absolute Gasteiger partial charge is 0.282 e. The maximum absolute atomic E-state index is 10.9. The van der Waals surface area contributed by atoms with Gasteiger partial charge in [-0.1, -0.05) is 31.2 Å². The van der Waals surface area contributed by atoms with Crippen molar-refractivity contribution in [3.63, 3.8) is 0 Å². The molecule has 1 aromatic rings. The second-order valence-electron chi connectivity index (χ2n) is 2.32. The number of benzene rings is 1. The van der Waals surface area contributed by atoms with Gasteiger partial charge >= 0.3 is 0 Å². The maximum Gasteiger partial charge on any atom is 0.216 e. The second-order valence-corrected chi connectivity index (χ2v) is 2.72. The van der Waals surface area contributed by atoms with Gasteiger partial charge in [0, 0.05) is 5.56 Å². The summed E-state index contributed by atoms with van der Waals surface area (Å²) in [5, 5.41) is -0.151. The minimum absolute atomic E-state index is 0.151. The minimum atomic E-state index is -0.151. The molecule has 0 aliphatic rings. The highest BCUT2D eigenvalue weighted by atomic mass is 32.1. The predicted molar refractivity (Wildman–Crippen MR) is 49.1 cm³/mol. The summed E-state index contributed by atoms with van der Waals surface area (Å²) in [5.41, 5.74) is 1.78. The van der Waals surface area contributed by atoms with E-state index in [0.717, 1.165) is 17.5 Å². The van der Waals surface area contributed by atoms with Crippen LogP contribution < -0.4 is 0 Å². The third kappa shape index (κ3) is 1.84. The standard InChI is InChI=1S/C9H10OS/c1-2-7-5-3-4-6-8(7)9(10)11/h3-6H,2H2,1H3,(H,10,11). The van der Waals surface area contributed by atoms with Crippen molar-refractivity contribution < 1.29 is 4.79 Å². The van der Waals surface area contributed by atoms with Crippen molar-refractivity contribution in [3.8, 4) is 0 Å². The average molecular weight is 166 g/mol. The monoisotopic (exact) mass is 166 g/mol. The van der Waals surface area contributed by atoms with Gasteiger partial charge in [-0.25, -0.2) is 0 Å². The van der Waals surface area contributed by atoms with Crippen molar-refractivity contribution in [1.29, 1.82) is 0 Å². The van der Waals surface area contributed by atoms with Crippen LogP contribution in [0.5, 0.6) is 0 Å². The molecule has 1 rings (SSSR count). The van der Waals surface area contributed by atoms with E-state index in [1.807, 2.05) is 25.1 Å². The van der Waals surface area contributed by atoms with Gasteiger partial charge < -0.3 is 0 Å². The molecule has 0 heterocycles. The van der Waals surface area contributed by atoms with E-state index in [1.54, 1.807) is 6.07 Å². The smallest absolute Gasteiger partial charge is 0.216 e. The first kappa shape index (κ1) is 8.34. The Morgan fingerprint density at radius 3 is 2.55 bits per heavy atom. The van der Waals surface area contributed by atoms with E-state index in [9.17, 15) is 4.79 Å². The fourth-order valence-electron chi connectivity index (χ4n) is 1.04. The minimum Gasteiger partial charge on any atom is -0.282 e. The highest BCUT2D eigenvalue weighted by molar-refractivity contribution is 7.97. The van der Waals surface area contributed by atoms with Gasteiger partial charge in [-0.2, -0.15) is 0 Å². The molecule has 0 bridgehead atoms. The molecule has 1 aromatic carbocycles. The highest BCUT2D eigenvalue weighted by Gasteiger charge is 2.03. The molecule has 0 aliphatic heterocycles. The highest BCUT2D eigenvalue weighted by Crippen LogP contribution is 2.11. The lowest BCUT2D eigenvalue weighted by molar-refractivity contribution is 0.109. The first-order chi connectivity index (χ1) is 5.25. The Morgan fingerprint density at radius 2 is 2.09 bits per heavy atom. The normalized spacial score (nSPS) is 9.64. The van der Waals surface area contributed by atoms with Gasteiger partial charge in [0.25, 0.3) is 0 Å². The lowest BCUT2D eigenvalue weighted by atomic mass is 10.1. The Balaban J connectivity index is 3.12. The van der Waals surface area contributed by atoms with Crippen molar-refractivity contribution >= 4 is 17.7 Å². The van der Waals surface area contributed by atoms with Gasteiger partial charge in [-0.05, 0) is 12.0 Å². The molecule has 0 saturated carbocycles. The van der Waals surface area contributed by atoms with Gasteiger partial charge in [-0.3, -0.25) is 4.79 Å². The molecule has 0 unspecified atom stereocenters. The molecule has 11 heavy (non-hydrogen) atoms. The van der Waals surface area contributed by atoms with Crippen LogP contribution in [0.1, 0.15) is 22.8 Å². The predicted octanol–water partition coefficient (Wildman–Crippen LogP) is 2.32. The van der Waals surface area contributed by atoms with Gasteiger partial charge in [0.05, 0.1) is 0 Å². The Bertz CT molecular complexity index is 268. The summed E-state index contributed by atoms with van der Waals surface area (Å²) < 4.78 is 0. The summed E-state index contributed by atoms with van der Waals surface area (Å²) >= 11 is 3.77. The van der Waals surface area contributed by atoms with E-state index < -0.39 is 0 Å². The maximum atomic E-state index is 10.9. The first-order valence-electron chi connectivity index (χ1n) is 3.57. The molecular weight excluding hydrogens is 156 g/mol. The van der Waals surface area contributed by atoms with Crippen LogP contribution in [0.2, 0.25) is 0 Å². The Hall–Kier alpha value is -0.760. The van der Waals surface area contributed by atoms with Crippen molar-refractivity contribution in [1.82, 2.24) is 0 Å². The van der Waals surface area contributed by atoms with Gasteiger partial charge in [0.2, 0.25) is 5.12 Å². The van der Waals surface area contributed by atoms with Crippen LogP contribution in [0.15, 0.2) is 24.3 Å². The number of rotatable bonds is 2. The molecule has 0 aliphatic carbocycles. The van der Waals surface area contributed by atoms with Crippen molar-refractivity contribution in [3.05, 3.63) is 35.4 Å². The first-order valence-corrected chi connectivity index (χ1v) is 4.01. The molecule has 0 radical (unpaired) electrons. The molecule has 0 N–H and O–H groups in total. The molecule has 0 amide bonds. The van der Waals surface area contributed by atoms with Gasteiger partial charge in [0.15, 0.2) is 0 Å². The fraction of sp³-hybridized carbons (Fsp3) is 0.222. The molecule has 0 spiro atoms. The number of aryl methyl sites for hydroxylation is 1. The van der Waals surface area contributed by atoms with E-state index in [2.05, 4.69) is 12.6 Å². The van der Waals surface area contributed by atoms with Gasteiger partial charge in [-0.15, -0.1) is 12.6 Å². The molecule has 58 valence electrons. The van der Waals surface area contributed by atoms with Crippen LogP contribution in [0.25, 0.3) is 0 Å². The third-order valence-electron chi connectivity index (χ3n) is 1.63. The van der Waals surface area contributed by atoms with Crippen molar-refractivity contribution in [2.45, 2.75) is 13.3 Å². The lowest BCUT2D eigenvalue weighted by Gasteiger charge is -2.00. The van der Waals surface area contributed by atoms with E-state index in [0.29, 0.717) is 0 Å². The van der Waals surface area contributed by atoms with E-state index >= 15 is 0 Å². The molecule has 0 atom stereocenters. The Labute approximate surface area is 71.8 Å². The topological polar surface area (TPSA) is 17.1 Å². The third-order valence-corrected chi connectivity index (χ3v) is 1.87. The number of carbonyl (C=O) groups excluding carboxylic acids is 1. The van der Waals surface area contributed by atoms with Crippen molar-refractivity contribution in [2.75, 3.05) is 0 Å². The quantitative estimate of drug-likeness (QED) is 0.667. The van der Waals surface area contributed by atoms with E-state index in [1.165, 1.54) is 0 Å². The zero-order valence-corrected chi connectivity index (χ0v) is 7.27. The number of hydrogen-bond donors (Lipinski definition) is 1. The summed E-state index contributed by atoms with van der Waals surface area (Å²) in [6, 6.07) is 7.53. The SMILES string of the molecule is CCc1ccccc1C(=O)S. The van der Waals surface area contributed by atoms with Crippen LogP contribution in [0, 0.1) is 0 Å². The van der Waals surface area contributed by atoms with Crippen LogP contribution in [0.4, 0.5) is 0 Å². The van der Waals surface area contributed by atoms with Crippen LogP contribution in [-0.4, -0.2) is 5.12 Å². The molecular formula is C9H10OS. The molecule has 0 saturated heterocycles. The number of thiol groups is 1. The summed E-state index contributed by atoms with van der Waals surface area (Å²) in [6.45, 7) is 2.02. The number of carbonyl (C=O) groups is 1. The van der Waals surface area contributed by atoms with Gasteiger partial charge in [0.1, 0.15) is 0 Å². The zero-order chi connectivity index (χ0) is 8.27. The summed E-state index contributed by atoms with van der Waals surface area (Å²) in [6.07, 6.45) is 0.877. The molecule has 2 heteroatoms. The van der Waals surface area contributed by atoms with Crippen LogP contribution in [0.3, 0.4) is 0 Å². The second kappa shape index (κ2) is 3.58. The summed E-state index contributed by atoms with van der Waals surface area (Å²) in [5.74, 6) is 0. The summed E-state index contributed by atoms with van der Waals surface area (Å²) in [7, 11) is 0. The van der Waals surface area contributed by atoms with Crippen molar-refractivity contribution in [2.24, 2.45) is 0 Å². The van der Waals surface area contributed by atoms with Crippen LogP contribution in [-0.2, 0) is 6.42 Å². The molecule has 0 fully saturated rings. The number of hydrogen-bond acceptors (Lipinski definition) is 1. The Morgan fingerprint density at radius 1 is 1.45 bits per heavy atom. The van der Waals surface area contributed by atoms with E-state index in [4.69, 9.17) is 0 Å². The Kier molecular flexibility index (Phi) is 2.71. The molecule has 1 nitrogen and oxygen atoms in total. The lowest BCUT2D eigenvalue weighted by Crippen LogP contribution is -1.94. The summed E-state index contributed by atoms with van der Waals surface area (Å²) in [4.78, 5) is 10.9.